The topological polar surface area (TPSA) is 74.0 Å². The van der Waals surface area contributed by atoms with Gasteiger partial charge in [0.15, 0.2) is 5.96 Å². The summed E-state index contributed by atoms with van der Waals surface area (Å²) < 4.78 is 0. The Hall–Kier alpha value is -1.30. The maximum atomic E-state index is 11.1. The van der Waals surface area contributed by atoms with Crippen LogP contribution in [0.15, 0.2) is 4.99 Å². The van der Waals surface area contributed by atoms with Crippen molar-refractivity contribution in [1.82, 2.24) is 15.1 Å². The van der Waals surface area contributed by atoms with Gasteiger partial charge in [-0.15, -0.1) is 0 Å². The summed E-state index contributed by atoms with van der Waals surface area (Å²) in [5, 5.41) is 3.52. The third kappa shape index (κ3) is 6.01. The van der Waals surface area contributed by atoms with Gasteiger partial charge < -0.3 is 20.9 Å². The molecule has 2 heterocycles. The molecule has 2 rings (SSSR count). The lowest BCUT2D eigenvalue weighted by Gasteiger charge is -2.35. The van der Waals surface area contributed by atoms with E-state index in [1.165, 1.54) is 25.9 Å². The van der Waals surface area contributed by atoms with Gasteiger partial charge in [-0.3, -0.25) is 9.79 Å². The van der Waals surface area contributed by atoms with Crippen molar-refractivity contribution in [2.45, 2.75) is 39.0 Å². The summed E-state index contributed by atoms with van der Waals surface area (Å²) in [6, 6.07) is 0. The van der Waals surface area contributed by atoms with Crippen LogP contribution in [0.1, 0.15) is 39.0 Å². The first-order valence-electron chi connectivity index (χ1n) is 9.04. The predicted molar refractivity (Wildman–Crippen MR) is 94.3 cm³/mol. The molecule has 2 aliphatic rings. The van der Waals surface area contributed by atoms with Crippen LogP contribution in [0.25, 0.3) is 0 Å². The minimum absolute atomic E-state index is 0.195. The SMILES string of the molecule is CN=C(NCC(C)CN1CCCC1)N1CCCC(CC(N)=O)C1. The number of nitrogens with zero attached hydrogens (tertiary/aromatic N) is 3. The van der Waals surface area contributed by atoms with Crippen molar-refractivity contribution in [1.29, 1.82) is 0 Å². The average Bonchev–Trinajstić information content (AvgIpc) is 3.00. The van der Waals surface area contributed by atoms with E-state index in [0.717, 1.165) is 45.0 Å². The summed E-state index contributed by atoms with van der Waals surface area (Å²) in [4.78, 5) is 20.4. The monoisotopic (exact) mass is 323 g/mol. The van der Waals surface area contributed by atoms with Crippen LogP contribution >= 0.6 is 0 Å². The van der Waals surface area contributed by atoms with E-state index in [2.05, 4.69) is 27.0 Å². The number of carbonyl (C=O) groups is 1. The molecule has 6 nitrogen and oxygen atoms in total. The number of nitrogens with two attached hydrogens (primary N) is 1. The zero-order valence-corrected chi connectivity index (χ0v) is 14.8. The van der Waals surface area contributed by atoms with Crippen molar-refractivity contribution in [3.63, 3.8) is 0 Å². The summed E-state index contributed by atoms with van der Waals surface area (Å²) in [6.45, 7) is 8.79. The van der Waals surface area contributed by atoms with Crippen LogP contribution in [-0.4, -0.2) is 68.0 Å². The van der Waals surface area contributed by atoms with Crippen molar-refractivity contribution < 1.29 is 4.79 Å². The predicted octanol–water partition coefficient (Wildman–Crippen LogP) is 0.881. The van der Waals surface area contributed by atoms with Crippen LogP contribution in [0.2, 0.25) is 0 Å². The Bertz CT molecular complexity index is 406. The second kappa shape index (κ2) is 9.11. The molecule has 0 bridgehead atoms. The van der Waals surface area contributed by atoms with E-state index in [0.29, 0.717) is 18.3 Å². The highest BCUT2D eigenvalue weighted by atomic mass is 16.1. The summed E-state index contributed by atoms with van der Waals surface area (Å²) in [5.74, 6) is 1.74. The molecule has 3 N–H and O–H groups in total. The fourth-order valence-electron chi connectivity index (χ4n) is 3.78. The molecule has 132 valence electrons. The van der Waals surface area contributed by atoms with Crippen molar-refractivity contribution in [2.24, 2.45) is 22.6 Å². The van der Waals surface area contributed by atoms with E-state index in [9.17, 15) is 4.79 Å². The van der Waals surface area contributed by atoms with Crippen molar-refractivity contribution >= 4 is 11.9 Å². The first kappa shape index (κ1) is 18.0. The van der Waals surface area contributed by atoms with Gasteiger partial charge in [0, 0.05) is 39.6 Å². The van der Waals surface area contributed by atoms with E-state index in [-0.39, 0.29) is 5.91 Å². The zero-order chi connectivity index (χ0) is 16.7. The van der Waals surface area contributed by atoms with E-state index >= 15 is 0 Å². The molecule has 2 saturated heterocycles. The molecule has 1 amide bonds. The highest BCUT2D eigenvalue weighted by Gasteiger charge is 2.24. The molecule has 2 aliphatic heterocycles. The zero-order valence-electron chi connectivity index (χ0n) is 14.8. The number of hydrogen-bond acceptors (Lipinski definition) is 3. The molecule has 0 aromatic rings. The molecule has 0 radical (unpaired) electrons. The number of piperidine rings is 1. The van der Waals surface area contributed by atoms with E-state index in [1.807, 2.05) is 7.05 Å². The van der Waals surface area contributed by atoms with Gasteiger partial charge in [0.2, 0.25) is 5.91 Å². The second-order valence-electron chi connectivity index (χ2n) is 7.17. The van der Waals surface area contributed by atoms with Crippen LogP contribution in [0.5, 0.6) is 0 Å². The number of carbonyl (C=O) groups excluding carboxylic acids is 1. The molecule has 6 heteroatoms. The molecule has 2 fully saturated rings. The molecular formula is C17H33N5O. The van der Waals surface area contributed by atoms with Crippen LogP contribution in [0.3, 0.4) is 0 Å². The van der Waals surface area contributed by atoms with E-state index in [4.69, 9.17) is 5.73 Å². The number of likely N-dealkylation sites (tertiary alicyclic amines) is 2. The number of nitrogens with one attached hydrogen (secondary N) is 1. The average molecular weight is 323 g/mol. The van der Waals surface area contributed by atoms with Gasteiger partial charge in [-0.1, -0.05) is 6.92 Å². The van der Waals surface area contributed by atoms with Gasteiger partial charge in [0.05, 0.1) is 0 Å². The summed E-state index contributed by atoms with van der Waals surface area (Å²) >= 11 is 0. The second-order valence-corrected chi connectivity index (χ2v) is 7.17. The minimum Gasteiger partial charge on any atom is -0.370 e. The Balaban J connectivity index is 1.76. The lowest BCUT2D eigenvalue weighted by molar-refractivity contribution is -0.119. The molecule has 0 aromatic heterocycles. The standard InChI is InChI=1S/C17H33N5O/c1-14(12-21-7-3-4-8-21)11-20-17(19-2)22-9-5-6-15(13-22)10-16(18)23/h14-15H,3-13H2,1-2H3,(H2,18,23)(H,19,20). The highest BCUT2D eigenvalue weighted by molar-refractivity contribution is 5.80. The smallest absolute Gasteiger partial charge is 0.217 e. The molecule has 0 spiro atoms. The Labute approximate surface area is 140 Å². The lowest BCUT2D eigenvalue weighted by atomic mass is 9.95. The number of rotatable bonds is 6. The largest absolute Gasteiger partial charge is 0.370 e. The summed E-state index contributed by atoms with van der Waals surface area (Å²) in [6.07, 6.45) is 5.36. The van der Waals surface area contributed by atoms with Crippen LogP contribution in [0.4, 0.5) is 0 Å². The third-order valence-electron chi connectivity index (χ3n) is 4.90. The molecule has 0 saturated carbocycles. The quantitative estimate of drug-likeness (QED) is 0.562. The van der Waals surface area contributed by atoms with E-state index < -0.39 is 0 Å². The van der Waals surface area contributed by atoms with Gasteiger partial charge >= 0.3 is 0 Å². The Morgan fingerprint density at radius 1 is 1.30 bits per heavy atom. The maximum absolute atomic E-state index is 11.1. The van der Waals surface area contributed by atoms with Gasteiger partial charge in [0.25, 0.3) is 0 Å². The Kier molecular flexibility index (Phi) is 7.15. The first-order chi connectivity index (χ1) is 11.1. The van der Waals surface area contributed by atoms with Crippen LogP contribution in [0, 0.1) is 11.8 Å². The number of guanidine groups is 1. The normalized spacial score (nSPS) is 24.7. The molecule has 2 unspecified atom stereocenters. The number of hydrogen-bond donors (Lipinski definition) is 2. The summed E-state index contributed by atoms with van der Waals surface area (Å²) in [5.41, 5.74) is 5.35. The molecule has 0 aliphatic carbocycles. The molecule has 23 heavy (non-hydrogen) atoms. The van der Waals surface area contributed by atoms with Crippen molar-refractivity contribution in [3.8, 4) is 0 Å². The number of aliphatic imine (C=N–C) groups is 1. The van der Waals surface area contributed by atoms with E-state index in [1.54, 1.807) is 0 Å². The van der Waals surface area contributed by atoms with Gasteiger partial charge in [0.1, 0.15) is 0 Å². The highest BCUT2D eigenvalue weighted by Crippen LogP contribution is 2.19. The first-order valence-corrected chi connectivity index (χ1v) is 9.04. The maximum Gasteiger partial charge on any atom is 0.217 e. The van der Waals surface area contributed by atoms with Crippen LogP contribution in [-0.2, 0) is 4.79 Å². The third-order valence-corrected chi connectivity index (χ3v) is 4.90. The molecular weight excluding hydrogens is 290 g/mol. The van der Waals surface area contributed by atoms with Crippen molar-refractivity contribution in [3.05, 3.63) is 0 Å². The number of amides is 1. The Morgan fingerprint density at radius 3 is 2.70 bits per heavy atom. The number of primary amides is 1. The van der Waals surface area contributed by atoms with Gasteiger partial charge in [-0.25, -0.2) is 0 Å². The van der Waals surface area contributed by atoms with Gasteiger partial charge in [-0.05, 0) is 50.6 Å². The lowest BCUT2D eigenvalue weighted by Crippen LogP contribution is -2.48. The molecule has 0 aromatic carbocycles. The fourth-order valence-corrected chi connectivity index (χ4v) is 3.78. The minimum atomic E-state index is -0.195. The fraction of sp³-hybridized carbons (Fsp3) is 0.882. The Morgan fingerprint density at radius 2 is 2.04 bits per heavy atom. The van der Waals surface area contributed by atoms with Crippen LogP contribution < -0.4 is 11.1 Å². The molecule has 2 atom stereocenters. The van der Waals surface area contributed by atoms with Crippen molar-refractivity contribution in [2.75, 3.05) is 46.3 Å². The summed E-state index contributed by atoms with van der Waals surface area (Å²) in [7, 11) is 1.84. The van der Waals surface area contributed by atoms with Gasteiger partial charge in [-0.2, -0.15) is 0 Å².